The summed E-state index contributed by atoms with van der Waals surface area (Å²) >= 11 is 0. The Bertz CT molecular complexity index is 593. The molecule has 0 unspecified atom stereocenters. The molecule has 3 heterocycles. The first-order chi connectivity index (χ1) is 12.4. The van der Waals surface area contributed by atoms with Gasteiger partial charge < -0.3 is 9.47 Å². The molecule has 0 aliphatic carbocycles. The molecular weight excluding hydrogens is 324 g/mol. The van der Waals surface area contributed by atoms with Crippen molar-refractivity contribution >= 4 is 5.91 Å². The van der Waals surface area contributed by atoms with Crippen molar-refractivity contribution in [2.75, 3.05) is 26.2 Å². The quantitative estimate of drug-likeness (QED) is 0.809. The Morgan fingerprint density at radius 1 is 1.23 bits per heavy atom. The molecule has 0 N–H and O–H groups in total. The Hall–Kier alpha value is -1.36. The molecule has 0 spiro atoms. The molecule has 0 bridgehead atoms. The van der Waals surface area contributed by atoms with E-state index in [9.17, 15) is 4.79 Å². The van der Waals surface area contributed by atoms with Crippen molar-refractivity contribution in [3.05, 3.63) is 18.2 Å². The highest BCUT2D eigenvalue weighted by molar-refractivity contribution is 5.79. The molecule has 1 aromatic heterocycles. The summed E-state index contributed by atoms with van der Waals surface area (Å²) in [6.45, 7) is 11.8. The molecule has 2 fully saturated rings. The summed E-state index contributed by atoms with van der Waals surface area (Å²) in [5.41, 5.74) is 0.427. The Morgan fingerprint density at radius 3 is 2.42 bits per heavy atom. The molecule has 2 aliphatic rings. The zero-order chi connectivity index (χ0) is 18.7. The second kappa shape index (κ2) is 8.12. The molecule has 0 radical (unpaired) electrons. The van der Waals surface area contributed by atoms with Crippen LogP contribution in [-0.4, -0.2) is 51.4 Å². The molecule has 5 heteroatoms. The molecular formula is C21H36N4O. The Labute approximate surface area is 158 Å². The monoisotopic (exact) mass is 360 g/mol. The third-order valence-electron chi connectivity index (χ3n) is 6.41. The van der Waals surface area contributed by atoms with E-state index in [1.807, 2.05) is 19.4 Å². The molecule has 26 heavy (non-hydrogen) atoms. The predicted octanol–water partition coefficient (Wildman–Crippen LogP) is 3.31. The lowest BCUT2D eigenvalue weighted by Gasteiger charge is -2.42. The summed E-state index contributed by atoms with van der Waals surface area (Å²) in [5.74, 6) is 2.48. The second-order valence-corrected chi connectivity index (χ2v) is 9.24. The van der Waals surface area contributed by atoms with Gasteiger partial charge in [0.2, 0.25) is 5.91 Å². The van der Waals surface area contributed by atoms with E-state index < -0.39 is 0 Å². The number of likely N-dealkylation sites (tertiary alicyclic amines) is 2. The molecule has 1 amide bonds. The number of amides is 1. The van der Waals surface area contributed by atoms with E-state index in [0.29, 0.717) is 11.3 Å². The van der Waals surface area contributed by atoms with E-state index in [2.05, 4.69) is 40.1 Å². The highest BCUT2D eigenvalue weighted by Gasteiger charge is 2.35. The molecule has 2 saturated heterocycles. The van der Waals surface area contributed by atoms with Crippen molar-refractivity contribution in [1.82, 2.24) is 19.4 Å². The van der Waals surface area contributed by atoms with Crippen LogP contribution >= 0.6 is 0 Å². The van der Waals surface area contributed by atoms with E-state index in [1.54, 1.807) is 0 Å². The first kappa shape index (κ1) is 19.4. The van der Waals surface area contributed by atoms with Crippen LogP contribution in [0.5, 0.6) is 0 Å². The van der Waals surface area contributed by atoms with E-state index in [1.165, 1.54) is 6.42 Å². The number of piperidine rings is 2. The van der Waals surface area contributed by atoms with Gasteiger partial charge in [0.05, 0.1) is 6.54 Å². The summed E-state index contributed by atoms with van der Waals surface area (Å²) < 4.78 is 2.08. The van der Waals surface area contributed by atoms with Crippen molar-refractivity contribution in [1.29, 1.82) is 0 Å². The third-order valence-corrected chi connectivity index (χ3v) is 6.41. The van der Waals surface area contributed by atoms with Gasteiger partial charge in [-0.05, 0) is 56.5 Å². The number of aryl methyl sites for hydroxylation is 1. The van der Waals surface area contributed by atoms with E-state index >= 15 is 0 Å². The Balaban J connectivity index is 1.45. The van der Waals surface area contributed by atoms with Gasteiger partial charge in [0.1, 0.15) is 5.82 Å². The minimum absolute atomic E-state index is 0.224. The highest BCUT2D eigenvalue weighted by Crippen LogP contribution is 2.37. The standard InChI is InChI=1S/C21H36N4O/c1-17(2)15-21(3)7-12-25(13-8-21)20(26)18-5-10-24(11-6-18)16-19-22-9-14-23(19)4/h9,14,17-18H,5-8,10-13,15-16H2,1-4H3. The fourth-order valence-corrected chi connectivity index (χ4v) is 4.80. The van der Waals surface area contributed by atoms with Crippen molar-refractivity contribution < 1.29 is 4.79 Å². The van der Waals surface area contributed by atoms with Crippen molar-refractivity contribution in [2.45, 2.75) is 59.4 Å². The number of hydrogen-bond acceptors (Lipinski definition) is 3. The molecule has 146 valence electrons. The van der Waals surface area contributed by atoms with Gasteiger partial charge in [-0.15, -0.1) is 0 Å². The maximum Gasteiger partial charge on any atom is 0.225 e. The normalized spacial score (nSPS) is 22.1. The fourth-order valence-electron chi connectivity index (χ4n) is 4.80. The first-order valence-electron chi connectivity index (χ1n) is 10.3. The van der Waals surface area contributed by atoms with Crippen LogP contribution in [0.1, 0.15) is 58.7 Å². The number of hydrogen-bond donors (Lipinski definition) is 0. The average Bonchev–Trinajstić information content (AvgIpc) is 2.99. The molecule has 5 nitrogen and oxygen atoms in total. The van der Waals surface area contributed by atoms with Gasteiger partial charge >= 0.3 is 0 Å². The molecule has 2 aliphatic heterocycles. The molecule has 0 saturated carbocycles. The van der Waals surface area contributed by atoms with Crippen molar-refractivity contribution in [2.24, 2.45) is 24.3 Å². The van der Waals surface area contributed by atoms with Gasteiger partial charge in [0.15, 0.2) is 0 Å². The lowest BCUT2D eigenvalue weighted by molar-refractivity contribution is -0.139. The number of carbonyl (C=O) groups excluding carboxylic acids is 1. The van der Waals surface area contributed by atoms with Gasteiger partial charge in [0.25, 0.3) is 0 Å². The number of rotatable bonds is 5. The van der Waals surface area contributed by atoms with E-state index in [4.69, 9.17) is 0 Å². The first-order valence-corrected chi connectivity index (χ1v) is 10.3. The Morgan fingerprint density at radius 2 is 1.88 bits per heavy atom. The maximum atomic E-state index is 13.0. The van der Waals surface area contributed by atoms with Gasteiger partial charge in [0, 0.05) is 38.4 Å². The summed E-state index contributed by atoms with van der Waals surface area (Å²) in [6.07, 6.45) is 9.43. The van der Waals surface area contributed by atoms with Crippen LogP contribution in [0.2, 0.25) is 0 Å². The van der Waals surface area contributed by atoms with Crippen LogP contribution in [0.25, 0.3) is 0 Å². The lowest BCUT2D eigenvalue weighted by atomic mass is 9.74. The topological polar surface area (TPSA) is 41.4 Å². The third kappa shape index (κ3) is 4.67. The average molecular weight is 361 g/mol. The number of imidazole rings is 1. The van der Waals surface area contributed by atoms with Crippen LogP contribution in [0.15, 0.2) is 12.4 Å². The zero-order valence-electron chi connectivity index (χ0n) is 17.1. The van der Waals surface area contributed by atoms with Crippen LogP contribution < -0.4 is 0 Å². The lowest BCUT2D eigenvalue weighted by Crippen LogP contribution is -2.47. The van der Waals surface area contributed by atoms with Crippen LogP contribution in [0, 0.1) is 17.3 Å². The van der Waals surface area contributed by atoms with E-state index in [-0.39, 0.29) is 5.92 Å². The summed E-state index contributed by atoms with van der Waals surface area (Å²) in [5, 5.41) is 0. The van der Waals surface area contributed by atoms with Gasteiger partial charge in [-0.25, -0.2) is 4.98 Å². The van der Waals surface area contributed by atoms with Crippen LogP contribution in [-0.2, 0) is 18.4 Å². The second-order valence-electron chi connectivity index (χ2n) is 9.24. The van der Waals surface area contributed by atoms with Crippen molar-refractivity contribution in [3.8, 4) is 0 Å². The van der Waals surface area contributed by atoms with Gasteiger partial charge in [-0.3, -0.25) is 9.69 Å². The summed E-state index contributed by atoms with van der Waals surface area (Å²) in [6, 6.07) is 0. The molecule has 3 rings (SSSR count). The number of nitrogens with zero attached hydrogens (tertiary/aromatic N) is 4. The predicted molar refractivity (Wildman–Crippen MR) is 105 cm³/mol. The minimum Gasteiger partial charge on any atom is -0.342 e. The highest BCUT2D eigenvalue weighted by atomic mass is 16.2. The van der Waals surface area contributed by atoms with Gasteiger partial charge in [-0.2, -0.15) is 0 Å². The largest absolute Gasteiger partial charge is 0.342 e. The molecule has 1 aromatic rings. The molecule has 0 aromatic carbocycles. The Kier molecular flexibility index (Phi) is 6.06. The van der Waals surface area contributed by atoms with Crippen LogP contribution in [0.4, 0.5) is 0 Å². The summed E-state index contributed by atoms with van der Waals surface area (Å²) in [7, 11) is 2.04. The van der Waals surface area contributed by atoms with E-state index in [0.717, 1.165) is 70.1 Å². The van der Waals surface area contributed by atoms with Crippen molar-refractivity contribution in [3.63, 3.8) is 0 Å². The maximum absolute atomic E-state index is 13.0. The fraction of sp³-hybridized carbons (Fsp3) is 0.810. The molecule has 0 atom stereocenters. The summed E-state index contributed by atoms with van der Waals surface area (Å²) in [4.78, 5) is 22.0. The van der Waals surface area contributed by atoms with Gasteiger partial charge in [-0.1, -0.05) is 20.8 Å². The zero-order valence-corrected chi connectivity index (χ0v) is 17.1. The van der Waals surface area contributed by atoms with Crippen LogP contribution in [0.3, 0.4) is 0 Å². The number of carbonyl (C=O) groups is 1. The SMILES string of the molecule is CC(C)CC1(C)CCN(C(=O)C2CCN(Cc3nccn3C)CC2)CC1. The smallest absolute Gasteiger partial charge is 0.225 e. The minimum atomic E-state index is 0.224. The number of aromatic nitrogens is 2.